The summed E-state index contributed by atoms with van der Waals surface area (Å²) in [5.74, 6) is -0.0530. The quantitative estimate of drug-likeness (QED) is 0.268. The van der Waals surface area contributed by atoms with Crippen molar-refractivity contribution in [3.8, 4) is 0 Å². The first-order chi connectivity index (χ1) is 16.2. The molecule has 1 N–H and O–H groups in total. The molecule has 2 heterocycles. The van der Waals surface area contributed by atoms with Crippen LogP contribution in [0, 0.1) is 0 Å². The van der Waals surface area contributed by atoms with Crippen LogP contribution in [-0.2, 0) is 17.6 Å². The van der Waals surface area contributed by atoms with E-state index >= 15 is 0 Å². The number of amides is 1. The fourth-order valence-corrected chi connectivity index (χ4v) is 4.72. The van der Waals surface area contributed by atoms with Crippen LogP contribution in [0.15, 0.2) is 77.5 Å². The summed E-state index contributed by atoms with van der Waals surface area (Å²) in [4.78, 5) is 18.5. The molecule has 1 amide bonds. The number of unbranched alkanes of at least 4 members (excludes halogenated alkanes) is 3. The number of rotatable bonds is 9. The van der Waals surface area contributed by atoms with Crippen LogP contribution in [0.5, 0.6) is 0 Å². The third-order valence-electron chi connectivity index (χ3n) is 6.00. The van der Waals surface area contributed by atoms with Gasteiger partial charge in [-0.3, -0.25) is 9.78 Å². The van der Waals surface area contributed by atoms with Crippen molar-refractivity contribution < 1.29 is 4.79 Å². The van der Waals surface area contributed by atoms with Crippen LogP contribution in [0.25, 0.3) is 6.08 Å². The number of benzene rings is 2. The molecule has 4 rings (SSSR count). The minimum absolute atomic E-state index is 0.0530. The lowest BCUT2D eigenvalue weighted by Crippen LogP contribution is -2.22. The minimum Gasteiger partial charge on any atom is -0.353 e. The summed E-state index contributed by atoms with van der Waals surface area (Å²) in [7, 11) is 0. The van der Waals surface area contributed by atoms with Gasteiger partial charge in [0.1, 0.15) is 0 Å². The smallest absolute Gasteiger partial charge is 0.243 e. The first-order valence-corrected chi connectivity index (χ1v) is 12.5. The fraction of sp³-hybridized carbons (Fsp3) is 0.286. The van der Waals surface area contributed by atoms with Gasteiger partial charge in [-0.1, -0.05) is 53.0 Å². The number of pyridine rings is 1. The predicted octanol–water partition coefficient (Wildman–Crippen LogP) is 6.47. The number of carbonyl (C=O) groups excluding carboxylic acids is 1. The maximum Gasteiger partial charge on any atom is 0.243 e. The molecule has 0 aliphatic carbocycles. The number of para-hydroxylation sites is 1. The monoisotopic (exact) mass is 503 g/mol. The van der Waals surface area contributed by atoms with E-state index in [2.05, 4.69) is 73.6 Å². The zero-order valence-electron chi connectivity index (χ0n) is 18.8. The third-order valence-corrected chi connectivity index (χ3v) is 6.49. The summed E-state index contributed by atoms with van der Waals surface area (Å²) in [6, 6.07) is 19.2. The number of fused-ring (bicyclic) bond motifs is 2. The Bertz CT molecular complexity index is 1100. The first kappa shape index (κ1) is 23.2. The highest BCUT2D eigenvalue weighted by molar-refractivity contribution is 9.10. The van der Waals surface area contributed by atoms with E-state index in [4.69, 9.17) is 0 Å². The van der Waals surface area contributed by atoms with Crippen molar-refractivity contribution in [2.45, 2.75) is 38.5 Å². The summed E-state index contributed by atoms with van der Waals surface area (Å²) in [5.41, 5.74) is 6.42. The molecule has 5 heteroatoms. The van der Waals surface area contributed by atoms with E-state index in [1.54, 1.807) is 24.5 Å². The Morgan fingerprint density at radius 2 is 1.79 bits per heavy atom. The Morgan fingerprint density at radius 3 is 2.67 bits per heavy atom. The maximum atomic E-state index is 12.0. The SMILES string of the molecule is O=C(/C=C/c1cccnc1)NCCCCCCN1c2ccccc2CCc2cc(Br)ccc21. The molecule has 0 fully saturated rings. The molecule has 2 aromatic carbocycles. The molecular formula is C28H30BrN3O. The highest BCUT2D eigenvalue weighted by Crippen LogP contribution is 2.37. The number of aryl methyl sites for hydroxylation is 2. The zero-order chi connectivity index (χ0) is 22.9. The second-order valence-corrected chi connectivity index (χ2v) is 9.29. The number of hydrogen-bond donors (Lipinski definition) is 1. The summed E-state index contributed by atoms with van der Waals surface area (Å²) < 4.78 is 1.14. The predicted molar refractivity (Wildman–Crippen MR) is 140 cm³/mol. The van der Waals surface area contributed by atoms with Crippen molar-refractivity contribution in [2.75, 3.05) is 18.0 Å². The lowest BCUT2D eigenvalue weighted by Gasteiger charge is -2.27. The molecule has 3 aromatic rings. The number of nitrogens with zero attached hydrogens (tertiary/aromatic N) is 2. The van der Waals surface area contributed by atoms with E-state index in [9.17, 15) is 4.79 Å². The molecule has 0 saturated heterocycles. The Labute approximate surface area is 204 Å². The largest absolute Gasteiger partial charge is 0.353 e. The van der Waals surface area contributed by atoms with Gasteiger partial charge in [0.2, 0.25) is 5.91 Å². The Morgan fingerprint density at radius 1 is 0.970 bits per heavy atom. The zero-order valence-corrected chi connectivity index (χ0v) is 20.4. The number of carbonyl (C=O) groups is 1. The second kappa shape index (κ2) is 11.8. The van der Waals surface area contributed by atoms with Gasteiger partial charge in [0.25, 0.3) is 0 Å². The number of nitrogens with one attached hydrogen (secondary N) is 1. The van der Waals surface area contributed by atoms with Gasteiger partial charge in [0.15, 0.2) is 0 Å². The van der Waals surface area contributed by atoms with Crippen LogP contribution in [-0.4, -0.2) is 24.0 Å². The molecule has 1 aliphatic rings. The molecule has 170 valence electrons. The van der Waals surface area contributed by atoms with Crippen molar-refractivity contribution >= 4 is 39.3 Å². The van der Waals surface area contributed by atoms with Gasteiger partial charge in [0.05, 0.1) is 0 Å². The molecule has 1 aromatic heterocycles. The van der Waals surface area contributed by atoms with Crippen LogP contribution in [0.2, 0.25) is 0 Å². The highest BCUT2D eigenvalue weighted by atomic mass is 79.9. The molecule has 0 bridgehead atoms. The molecule has 0 spiro atoms. The van der Waals surface area contributed by atoms with Gasteiger partial charge in [0, 0.05) is 47.4 Å². The molecule has 0 unspecified atom stereocenters. The second-order valence-electron chi connectivity index (χ2n) is 8.38. The van der Waals surface area contributed by atoms with Gasteiger partial charge >= 0.3 is 0 Å². The summed E-state index contributed by atoms with van der Waals surface area (Å²) in [5, 5.41) is 2.97. The summed E-state index contributed by atoms with van der Waals surface area (Å²) >= 11 is 3.64. The minimum atomic E-state index is -0.0530. The number of hydrogen-bond acceptors (Lipinski definition) is 3. The lowest BCUT2D eigenvalue weighted by molar-refractivity contribution is -0.116. The van der Waals surface area contributed by atoms with Crippen LogP contribution < -0.4 is 10.2 Å². The van der Waals surface area contributed by atoms with Crippen LogP contribution >= 0.6 is 15.9 Å². The van der Waals surface area contributed by atoms with Crippen LogP contribution in [0.1, 0.15) is 42.4 Å². The number of anilines is 2. The summed E-state index contributed by atoms with van der Waals surface area (Å²) in [6.07, 6.45) is 13.3. The first-order valence-electron chi connectivity index (χ1n) is 11.7. The van der Waals surface area contributed by atoms with E-state index in [0.717, 1.165) is 55.1 Å². The summed E-state index contributed by atoms with van der Waals surface area (Å²) in [6.45, 7) is 1.71. The van der Waals surface area contributed by atoms with Crippen molar-refractivity contribution in [1.82, 2.24) is 10.3 Å². The van der Waals surface area contributed by atoms with Gasteiger partial charge < -0.3 is 10.2 Å². The van der Waals surface area contributed by atoms with Crippen molar-refractivity contribution in [2.24, 2.45) is 0 Å². The molecule has 0 radical (unpaired) electrons. The van der Waals surface area contributed by atoms with Gasteiger partial charge in [-0.25, -0.2) is 0 Å². The van der Waals surface area contributed by atoms with E-state index in [1.165, 1.54) is 22.5 Å². The van der Waals surface area contributed by atoms with Crippen LogP contribution in [0.4, 0.5) is 11.4 Å². The van der Waals surface area contributed by atoms with Crippen molar-refractivity contribution in [1.29, 1.82) is 0 Å². The van der Waals surface area contributed by atoms with Gasteiger partial charge in [-0.05, 0) is 78.8 Å². The van der Waals surface area contributed by atoms with E-state index in [0.29, 0.717) is 6.54 Å². The van der Waals surface area contributed by atoms with E-state index in [1.807, 2.05) is 12.1 Å². The standard InChI is InChI=1S/C28H30BrN3O/c29-25-14-15-27-24(20-25)13-12-23-9-3-4-10-26(23)32(27)19-6-2-1-5-18-31-28(33)16-11-22-8-7-17-30-21-22/h3-4,7-11,14-17,20-21H,1-2,5-6,12-13,18-19H2,(H,31,33)/b16-11+. The van der Waals surface area contributed by atoms with E-state index in [-0.39, 0.29) is 5.91 Å². The maximum absolute atomic E-state index is 12.0. The Kier molecular flexibility index (Phi) is 8.31. The lowest BCUT2D eigenvalue weighted by atomic mass is 10.0. The average Bonchev–Trinajstić information content (AvgIpc) is 2.99. The highest BCUT2D eigenvalue weighted by Gasteiger charge is 2.20. The molecule has 33 heavy (non-hydrogen) atoms. The van der Waals surface area contributed by atoms with Gasteiger partial charge in [-0.15, -0.1) is 0 Å². The number of aromatic nitrogens is 1. The molecular weight excluding hydrogens is 474 g/mol. The average molecular weight is 504 g/mol. The van der Waals surface area contributed by atoms with Crippen LogP contribution in [0.3, 0.4) is 0 Å². The fourth-order valence-electron chi connectivity index (χ4n) is 4.31. The van der Waals surface area contributed by atoms with Crippen molar-refractivity contribution in [3.63, 3.8) is 0 Å². The molecule has 0 saturated carbocycles. The van der Waals surface area contributed by atoms with Crippen molar-refractivity contribution in [3.05, 3.63) is 94.2 Å². The third kappa shape index (κ3) is 6.55. The van der Waals surface area contributed by atoms with E-state index < -0.39 is 0 Å². The Hall–Kier alpha value is -2.92. The van der Waals surface area contributed by atoms with Gasteiger partial charge in [-0.2, -0.15) is 0 Å². The molecule has 1 aliphatic heterocycles. The molecule has 0 atom stereocenters. The molecule has 4 nitrogen and oxygen atoms in total. The topological polar surface area (TPSA) is 45.2 Å². The number of halogens is 1. The Balaban J connectivity index is 1.24. The normalized spacial score (nSPS) is 12.8.